The number of fused-ring (bicyclic) bond motifs is 1. The lowest BCUT2D eigenvalue weighted by Gasteiger charge is -2.15. The van der Waals surface area contributed by atoms with Gasteiger partial charge in [0.1, 0.15) is 23.9 Å². The number of halogens is 3. The van der Waals surface area contributed by atoms with Crippen molar-refractivity contribution >= 4 is 10.8 Å². The van der Waals surface area contributed by atoms with Crippen molar-refractivity contribution in [2.24, 2.45) is 0 Å². The zero-order valence-corrected chi connectivity index (χ0v) is 15.7. The molecule has 3 aromatic carbocycles. The Kier molecular flexibility index (Phi) is 6.24. The number of allylic oxidation sites excluding steroid dienone is 1. The van der Waals surface area contributed by atoms with E-state index in [1.165, 1.54) is 6.07 Å². The maximum atomic E-state index is 15.3. The van der Waals surface area contributed by atoms with Gasteiger partial charge in [0.2, 0.25) is 0 Å². The second-order valence-electron chi connectivity index (χ2n) is 6.26. The fraction of sp³-hybridized carbons (Fsp3) is 0.217. The van der Waals surface area contributed by atoms with Crippen LogP contribution < -0.4 is 9.47 Å². The molecule has 28 heavy (non-hydrogen) atoms. The Hall–Kier alpha value is -2.95. The Labute approximate surface area is 162 Å². The van der Waals surface area contributed by atoms with E-state index in [2.05, 4.69) is 4.74 Å². The minimum Gasteiger partial charge on any atom is -0.490 e. The summed E-state index contributed by atoms with van der Waals surface area (Å²) < 4.78 is 51.5. The molecule has 0 N–H and O–H groups in total. The normalized spacial score (nSPS) is 11.5. The van der Waals surface area contributed by atoms with E-state index in [0.717, 1.165) is 12.0 Å². The molecule has 0 aliphatic rings. The molecule has 0 heterocycles. The summed E-state index contributed by atoms with van der Waals surface area (Å²) in [6.45, 7) is 1.20. The maximum Gasteiger partial charge on any atom is 0.387 e. The highest BCUT2D eigenvalue weighted by molar-refractivity contribution is 5.92. The number of hydrogen-bond donors (Lipinski definition) is 0. The highest BCUT2D eigenvalue weighted by atomic mass is 19.3. The van der Waals surface area contributed by atoms with Crippen molar-refractivity contribution in [1.29, 1.82) is 0 Å². The molecular weight excluding hydrogens is 365 g/mol. The van der Waals surface area contributed by atoms with Gasteiger partial charge >= 0.3 is 6.61 Å². The first-order chi connectivity index (χ1) is 13.5. The van der Waals surface area contributed by atoms with Crippen molar-refractivity contribution in [3.05, 3.63) is 72.1 Å². The molecule has 0 aromatic heterocycles. The predicted octanol–water partition coefficient (Wildman–Crippen LogP) is 6.76. The lowest BCUT2D eigenvalue weighted by molar-refractivity contribution is -0.0494. The number of aryl methyl sites for hydroxylation is 1. The van der Waals surface area contributed by atoms with E-state index in [0.29, 0.717) is 28.7 Å². The molecule has 0 spiro atoms. The molecule has 0 saturated heterocycles. The lowest BCUT2D eigenvalue weighted by atomic mass is 9.97. The first-order valence-corrected chi connectivity index (χ1v) is 9.07. The molecule has 3 aromatic rings. The molecule has 0 amide bonds. The van der Waals surface area contributed by atoms with Gasteiger partial charge in [-0.15, -0.1) is 0 Å². The van der Waals surface area contributed by atoms with Crippen LogP contribution in [0.1, 0.15) is 19.4 Å². The van der Waals surface area contributed by atoms with E-state index in [1.807, 2.05) is 38.1 Å². The van der Waals surface area contributed by atoms with Gasteiger partial charge in [-0.2, -0.15) is 8.78 Å². The molecule has 2 nitrogen and oxygen atoms in total. The summed E-state index contributed by atoms with van der Waals surface area (Å²) >= 11 is 0. The van der Waals surface area contributed by atoms with Crippen LogP contribution in [0.25, 0.3) is 21.9 Å². The summed E-state index contributed by atoms with van der Waals surface area (Å²) in [6, 6.07) is 13.4. The van der Waals surface area contributed by atoms with E-state index >= 15 is 4.39 Å². The molecule has 5 heteroatoms. The standard InChI is InChI=1S/C23H21F3O2/c1-3-5-12-27-18-10-11-19-17(13-18)14-20(28-23(25)26)21(22(19)24)16-8-6-15(4-2)7-9-16/h3,5-11,13-14,23H,4,12H2,1-2H3. The van der Waals surface area contributed by atoms with Crippen molar-refractivity contribution < 1.29 is 22.6 Å². The topological polar surface area (TPSA) is 18.5 Å². The molecular formula is C23H21F3O2. The monoisotopic (exact) mass is 386 g/mol. The Balaban J connectivity index is 2.12. The van der Waals surface area contributed by atoms with Gasteiger partial charge in [-0.25, -0.2) is 4.39 Å². The van der Waals surface area contributed by atoms with E-state index in [9.17, 15) is 8.78 Å². The summed E-state index contributed by atoms with van der Waals surface area (Å²) in [5.41, 5.74) is 1.59. The fourth-order valence-electron chi connectivity index (χ4n) is 3.01. The molecule has 0 fully saturated rings. The zero-order chi connectivity index (χ0) is 20.1. The highest BCUT2D eigenvalue weighted by Gasteiger charge is 2.19. The first kappa shape index (κ1) is 19.8. The number of benzene rings is 3. The largest absolute Gasteiger partial charge is 0.490 e. The lowest BCUT2D eigenvalue weighted by Crippen LogP contribution is -2.05. The summed E-state index contributed by atoms with van der Waals surface area (Å²) in [6.07, 6.45) is 4.52. The quantitative estimate of drug-likeness (QED) is 0.418. The number of rotatable bonds is 7. The molecule has 0 unspecified atom stereocenters. The summed E-state index contributed by atoms with van der Waals surface area (Å²) in [4.78, 5) is 0. The smallest absolute Gasteiger partial charge is 0.387 e. The Bertz CT molecular complexity index is 979. The maximum absolute atomic E-state index is 15.3. The van der Waals surface area contributed by atoms with E-state index in [1.54, 1.807) is 30.3 Å². The van der Waals surface area contributed by atoms with Crippen molar-refractivity contribution in [2.75, 3.05) is 6.61 Å². The summed E-state index contributed by atoms with van der Waals surface area (Å²) in [7, 11) is 0. The second-order valence-corrected chi connectivity index (χ2v) is 6.26. The number of alkyl halides is 2. The third-order valence-electron chi connectivity index (χ3n) is 4.46. The van der Waals surface area contributed by atoms with E-state index in [-0.39, 0.29) is 11.3 Å². The van der Waals surface area contributed by atoms with Crippen LogP contribution in [0, 0.1) is 5.82 Å². The van der Waals surface area contributed by atoms with Gasteiger partial charge in [0.15, 0.2) is 0 Å². The van der Waals surface area contributed by atoms with E-state index < -0.39 is 12.4 Å². The van der Waals surface area contributed by atoms with Gasteiger partial charge < -0.3 is 9.47 Å². The predicted molar refractivity (Wildman–Crippen MR) is 106 cm³/mol. The average Bonchev–Trinajstić information content (AvgIpc) is 2.68. The van der Waals surface area contributed by atoms with Gasteiger partial charge in [-0.05, 0) is 54.1 Å². The minimum absolute atomic E-state index is 0.0260. The van der Waals surface area contributed by atoms with Crippen LogP contribution in [0.15, 0.2) is 60.7 Å². The van der Waals surface area contributed by atoms with Crippen molar-refractivity contribution in [3.8, 4) is 22.6 Å². The molecule has 0 aliphatic heterocycles. The fourth-order valence-corrected chi connectivity index (χ4v) is 3.01. The van der Waals surface area contributed by atoms with Crippen LogP contribution in [0.3, 0.4) is 0 Å². The third-order valence-corrected chi connectivity index (χ3v) is 4.46. The number of hydrogen-bond acceptors (Lipinski definition) is 2. The van der Waals surface area contributed by atoms with Gasteiger partial charge in [0.05, 0.1) is 5.56 Å². The SMILES string of the molecule is CC=CCOc1ccc2c(F)c(-c3ccc(CC)cc3)c(OC(F)F)cc2c1. The molecule has 3 rings (SSSR count). The molecule has 0 bridgehead atoms. The van der Waals surface area contributed by atoms with Gasteiger partial charge in [0.25, 0.3) is 0 Å². The summed E-state index contributed by atoms with van der Waals surface area (Å²) in [5.74, 6) is -0.277. The molecule has 0 saturated carbocycles. The molecule has 0 atom stereocenters. The van der Waals surface area contributed by atoms with Crippen LogP contribution >= 0.6 is 0 Å². The minimum atomic E-state index is -3.06. The molecule has 146 valence electrons. The highest BCUT2D eigenvalue weighted by Crippen LogP contribution is 2.39. The van der Waals surface area contributed by atoms with Crippen LogP contribution in [0.2, 0.25) is 0 Å². The third kappa shape index (κ3) is 4.30. The first-order valence-electron chi connectivity index (χ1n) is 9.07. The molecule has 0 aliphatic carbocycles. The average molecular weight is 386 g/mol. The van der Waals surface area contributed by atoms with Crippen molar-refractivity contribution in [1.82, 2.24) is 0 Å². The Morgan fingerprint density at radius 2 is 1.79 bits per heavy atom. The Morgan fingerprint density at radius 3 is 2.43 bits per heavy atom. The van der Waals surface area contributed by atoms with Gasteiger partial charge in [0, 0.05) is 5.39 Å². The molecule has 0 radical (unpaired) electrons. The van der Waals surface area contributed by atoms with Gasteiger partial charge in [-0.3, -0.25) is 0 Å². The Morgan fingerprint density at radius 1 is 1.04 bits per heavy atom. The van der Waals surface area contributed by atoms with Crippen LogP contribution in [-0.4, -0.2) is 13.2 Å². The van der Waals surface area contributed by atoms with Crippen LogP contribution in [0.5, 0.6) is 11.5 Å². The zero-order valence-electron chi connectivity index (χ0n) is 15.7. The van der Waals surface area contributed by atoms with Gasteiger partial charge in [-0.1, -0.05) is 43.3 Å². The number of ether oxygens (including phenoxy) is 2. The van der Waals surface area contributed by atoms with Crippen LogP contribution in [0.4, 0.5) is 13.2 Å². The van der Waals surface area contributed by atoms with E-state index in [4.69, 9.17) is 4.74 Å². The van der Waals surface area contributed by atoms with Crippen molar-refractivity contribution in [3.63, 3.8) is 0 Å². The van der Waals surface area contributed by atoms with Crippen molar-refractivity contribution in [2.45, 2.75) is 26.9 Å². The van der Waals surface area contributed by atoms with Crippen LogP contribution in [-0.2, 0) is 6.42 Å². The second kappa shape index (κ2) is 8.83. The summed E-state index contributed by atoms with van der Waals surface area (Å²) in [5, 5.41) is 0.745.